The number of nitrogens with one attached hydrogen (secondary N) is 1. The van der Waals surface area contributed by atoms with E-state index >= 15 is 0 Å². The summed E-state index contributed by atoms with van der Waals surface area (Å²) in [6.45, 7) is 0. The van der Waals surface area contributed by atoms with Crippen molar-refractivity contribution in [3.63, 3.8) is 0 Å². The van der Waals surface area contributed by atoms with E-state index in [0.717, 1.165) is 16.7 Å². The van der Waals surface area contributed by atoms with Crippen molar-refractivity contribution in [3.8, 4) is 11.1 Å². The fourth-order valence-corrected chi connectivity index (χ4v) is 1.50. The molecule has 1 aromatic heterocycles. The number of benzene rings is 1. The first-order valence-corrected chi connectivity index (χ1v) is 4.63. The Bertz CT molecular complexity index is 483. The fourth-order valence-electron chi connectivity index (χ4n) is 1.50. The summed E-state index contributed by atoms with van der Waals surface area (Å²) in [5.41, 5.74) is 8.26. The van der Waals surface area contributed by atoms with Crippen molar-refractivity contribution in [2.24, 2.45) is 5.73 Å². The molecule has 2 rings (SSSR count). The van der Waals surface area contributed by atoms with E-state index in [1.54, 1.807) is 12.4 Å². The molecule has 0 atom stereocenters. The summed E-state index contributed by atoms with van der Waals surface area (Å²) in [5.74, 6) is 0.0856. The van der Waals surface area contributed by atoms with Gasteiger partial charge in [-0.1, -0.05) is 24.3 Å². The Labute approximate surface area is 100 Å². The minimum Gasteiger partial charge on any atom is -0.384 e. The highest BCUT2D eigenvalue weighted by molar-refractivity contribution is 6.01. The highest BCUT2D eigenvalue weighted by atomic mass is 35.5. The smallest absolute Gasteiger partial charge is 0.123 e. The monoisotopic (exact) mass is 233 g/mol. The minimum atomic E-state index is 0. The lowest BCUT2D eigenvalue weighted by molar-refractivity contribution is 1.33. The third-order valence-corrected chi connectivity index (χ3v) is 2.21. The molecule has 0 unspecified atom stereocenters. The predicted molar refractivity (Wildman–Crippen MR) is 67.9 cm³/mol. The number of nitrogens with zero attached hydrogens (tertiary/aromatic N) is 1. The molecule has 0 fully saturated rings. The Morgan fingerprint density at radius 3 is 2.31 bits per heavy atom. The normalized spacial score (nSPS) is 9.25. The number of amidine groups is 1. The van der Waals surface area contributed by atoms with Gasteiger partial charge in [-0.15, -0.1) is 12.4 Å². The second-order valence-corrected chi connectivity index (χ2v) is 3.20. The molecule has 0 aliphatic heterocycles. The van der Waals surface area contributed by atoms with Crippen LogP contribution in [0.15, 0.2) is 48.8 Å². The van der Waals surface area contributed by atoms with Gasteiger partial charge in [0.25, 0.3) is 0 Å². The van der Waals surface area contributed by atoms with E-state index in [1.807, 2.05) is 36.4 Å². The zero-order valence-electron chi connectivity index (χ0n) is 8.55. The van der Waals surface area contributed by atoms with Gasteiger partial charge < -0.3 is 5.73 Å². The number of nitrogens with two attached hydrogens (primary N) is 1. The fraction of sp³-hybridized carbons (Fsp3) is 0. The zero-order valence-corrected chi connectivity index (χ0v) is 9.37. The predicted octanol–water partition coefficient (Wildman–Crippen LogP) is 2.45. The van der Waals surface area contributed by atoms with Crippen molar-refractivity contribution in [1.82, 2.24) is 4.98 Å². The van der Waals surface area contributed by atoms with Crippen LogP contribution in [-0.2, 0) is 0 Å². The van der Waals surface area contributed by atoms with Gasteiger partial charge in [0.05, 0.1) is 0 Å². The number of pyridine rings is 1. The summed E-state index contributed by atoms with van der Waals surface area (Å²) >= 11 is 0. The number of hydrogen-bond acceptors (Lipinski definition) is 2. The number of aromatic nitrogens is 1. The Morgan fingerprint density at radius 1 is 1.06 bits per heavy atom. The maximum absolute atomic E-state index is 7.49. The van der Waals surface area contributed by atoms with Gasteiger partial charge in [-0.2, -0.15) is 0 Å². The van der Waals surface area contributed by atoms with Crippen molar-refractivity contribution < 1.29 is 0 Å². The van der Waals surface area contributed by atoms with Gasteiger partial charge in [0.1, 0.15) is 5.84 Å². The van der Waals surface area contributed by atoms with Crippen LogP contribution in [0.5, 0.6) is 0 Å². The molecular formula is C12H12ClN3. The number of nitrogen functional groups attached to an aromatic ring is 1. The van der Waals surface area contributed by atoms with Crippen LogP contribution in [0.25, 0.3) is 11.1 Å². The molecule has 82 valence electrons. The average Bonchev–Trinajstić information content (AvgIpc) is 2.30. The lowest BCUT2D eigenvalue weighted by Gasteiger charge is -2.07. The van der Waals surface area contributed by atoms with Gasteiger partial charge in [0.2, 0.25) is 0 Å². The van der Waals surface area contributed by atoms with E-state index < -0.39 is 0 Å². The first-order chi connectivity index (χ1) is 7.29. The number of rotatable bonds is 2. The van der Waals surface area contributed by atoms with Crippen LogP contribution in [0.4, 0.5) is 0 Å². The van der Waals surface area contributed by atoms with Gasteiger partial charge in [-0.3, -0.25) is 10.4 Å². The highest BCUT2D eigenvalue weighted by Crippen LogP contribution is 2.22. The second kappa shape index (κ2) is 5.28. The van der Waals surface area contributed by atoms with Gasteiger partial charge in [0.15, 0.2) is 0 Å². The van der Waals surface area contributed by atoms with Gasteiger partial charge >= 0.3 is 0 Å². The van der Waals surface area contributed by atoms with Crippen molar-refractivity contribution in [3.05, 3.63) is 54.4 Å². The van der Waals surface area contributed by atoms with Crippen molar-refractivity contribution in [2.75, 3.05) is 0 Å². The molecule has 0 amide bonds. The van der Waals surface area contributed by atoms with E-state index in [-0.39, 0.29) is 18.2 Å². The molecule has 2 aromatic rings. The van der Waals surface area contributed by atoms with Gasteiger partial charge in [-0.25, -0.2) is 0 Å². The van der Waals surface area contributed by atoms with Gasteiger partial charge in [0, 0.05) is 18.0 Å². The van der Waals surface area contributed by atoms with E-state index in [0.29, 0.717) is 0 Å². The molecule has 0 aliphatic carbocycles. The summed E-state index contributed by atoms with van der Waals surface area (Å²) in [7, 11) is 0. The van der Waals surface area contributed by atoms with E-state index in [1.165, 1.54) is 0 Å². The van der Waals surface area contributed by atoms with Crippen LogP contribution in [0.1, 0.15) is 5.56 Å². The molecule has 0 spiro atoms. The Morgan fingerprint density at radius 2 is 1.69 bits per heavy atom. The van der Waals surface area contributed by atoms with Gasteiger partial charge in [-0.05, 0) is 23.3 Å². The van der Waals surface area contributed by atoms with Crippen LogP contribution in [-0.4, -0.2) is 10.8 Å². The number of halogens is 1. The molecular weight excluding hydrogens is 222 g/mol. The van der Waals surface area contributed by atoms with Crippen molar-refractivity contribution in [2.45, 2.75) is 0 Å². The molecule has 1 heterocycles. The maximum Gasteiger partial charge on any atom is 0.123 e. The van der Waals surface area contributed by atoms with Crippen LogP contribution in [0.3, 0.4) is 0 Å². The second-order valence-electron chi connectivity index (χ2n) is 3.20. The largest absolute Gasteiger partial charge is 0.384 e. The Balaban J connectivity index is 0.00000128. The van der Waals surface area contributed by atoms with E-state index in [4.69, 9.17) is 11.1 Å². The molecule has 0 saturated carbocycles. The van der Waals surface area contributed by atoms with Crippen LogP contribution >= 0.6 is 12.4 Å². The Kier molecular flexibility index (Phi) is 4.03. The summed E-state index contributed by atoms with van der Waals surface area (Å²) in [6, 6.07) is 11.4. The average molecular weight is 234 g/mol. The minimum absolute atomic E-state index is 0. The molecule has 1 aromatic carbocycles. The molecule has 3 nitrogen and oxygen atoms in total. The van der Waals surface area contributed by atoms with Crippen LogP contribution in [0, 0.1) is 5.41 Å². The van der Waals surface area contributed by atoms with E-state index in [9.17, 15) is 0 Å². The first kappa shape index (κ1) is 12.2. The first-order valence-electron chi connectivity index (χ1n) is 4.63. The quantitative estimate of drug-likeness (QED) is 0.618. The third-order valence-electron chi connectivity index (χ3n) is 2.21. The zero-order chi connectivity index (χ0) is 10.7. The van der Waals surface area contributed by atoms with Crippen molar-refractivity contribution in [1.29, 1.82) is 5.41 Å². The topological polar surface area (TPSA) is 62.8 Å². The molecule has 16 heavy (non-hydrogen) atoms. The maximum atomic E-state index is 7.49. The summed E-state index contributed by atoms with van der Waals surface area (Å²) < 4.78 is 0. The lowest BCUT2D eigenvalue weighted by atomic mass is 10.0. The molecule has 0 saturated heterocycles. The standard InChI is InChI=1S/C12H11N3.ClH/c13-12(14)11-4-2-1-3-10(11)9-5-7-15-8-6-9;/h1-8H,(H3,13,14);1H. The highest BCUT2D eigenvalue weighted by Gasteiger charge is 2.05. The SMILES string of the molecule is Cl.N=C(N)c1ccccc1-c1ccncc1. The van der Waals surface area contributed by atoms with Crippen molar-refractivity contribution >= 4 is 18.2 Å². The van der Waals surface area contributed by atoms with Crippen LogP contribution < -0.4 is 5.73 Å². The third kappa shape index (κ3) is 2.38. The van der Waals surface area contributed by atoms with E-state index in [2.05, 4.69) is 4.98 Å². The molecule has 0 bridgehead atoms. The molecule has 0 radical (unpaired) electrons. The summed E-state index contributed by atoms with van der Waals surface area (Å²) in [5, 5.41) is 7.49. The molecule has 4 heteroatoms. The molecule has 3 N–H and O–H groups in total. The molecule has 0 aliphatic rings. The number of hydrogen-bond donors (Lipinski definition) is 2. The Hall–Kier alpha value is -1.87. The van der Waals surface area contributed by atoms with Crippen LogP contribution in [0.2, 0.25) is 0 Å². The summed E-state index contributed by atoms with van der Waals surface area (Å²) in [6.07, 6.45) is 3.46. The summed E-state index contributed by atoms with van der Waals surface area (Å²) in [4.78, 5) is 3.96. The lowest BCUT2D eigenvalue weighted by Crippen LogP contribution is -2.12.